The molecule has 1 N–H and O–H groups in total. The largest absolute Gasteiger partial charge is 0.545 e. The van der Waals surface area contributed by atoms with E-state index in [0.717, 1.165) is 11.1 Å². The molecule has 0 heterocycles. The summed E-state index contributed by atoms with van der Waals surface area (Å²) in [5.41, 5.74) is 3.71. The first-order valence-electron chi connectivity index (χ1n) is 6.59. The lowest BCUT2D eigenvalue weighted by Crippen LogP contribution is -2.24. The van der Waals surface area contributed by atoms with E-state index in [2.05, 4.69) is 5.32 Å². The van der Waals surface area contributed by atoms with Crippen LogP contribution in [-0.4, -0.2) is 11.9 Å². The second-order valence-electron chi connectivity index (χ2n) is 5.02. The molecule has 4 nitrogen and oxygen atoms in total. The van der Waals surface area contributed by atoms with Crippen LogP contribution in [0.15, 0.2) is 36.4 Å². The first-order valence-corrected chi connectivity index (χ1v) is 6.59. The van der Waals surface area contributed by atoms with Crippen molar-refractivity contribution in [2.45, 2.75) is 20.8 Å². The van der Waals surface area contributed by atoms with E-state index in [1.165, 1.54) is 6.07 Å². The summed E-state index contributed by atoms with van der Waals surface area (Å²) in [5.74, 6) is -1.52. The molecule has 108 valence electrons. The molecule has 0 aliphatic carbocycles. The first kappa shape index (κ1) is 14.8. The van der Waals surface area contributed by atoms with Gasteiger partial charge < -0.3 is 15.2 Å². The topological polar surface area (TPSA) is 69.2 Å². The number of aryl methyl sites for hydroxylation is 2. The number of rotatable bonds is 3. The van der Waals surface area contributed by atoms with Crippen molar-refractivity contribution in [1.82, 2.24) is 0 Å². The Kier molecular flexibility index (Phi) is 4.08. The summed E-state index contributed by atoms with van der Waals surface area (Å²) < 4.78 is 0. The lowest BCUT2D eigenvalue weighted by molar-refractivity contribution is -0.255. The smallest absolute Gasteiger partial charge is 0.255 e. The van der Waals surface area contributed by atoms with E-state index in [1.54, 1.807) is 25.1 Å². The number of hydrogen-bond acceptors (Lipinski definition) is 3. The predicted molar refractivity (Wildman–Crippen MR) is 79.4 cm³/mol. The minimum Gasteiger partial charge on any atom is -0.545 e. The molecule has 0 saturated heterocycles. The molecule has 0 unspecified atom stereocenters. The summed E-state index contributed by atoms with van der Waals surface area (Å²) in [4.78, 5) is 23.2. The van der Waals surface area contributed by atoms with Gasteiger partial charge in [-0.2, -0.15) is 0 Å². The van der Waals surface area contributed by atoms with Gasteiger partial charge in [-0.3, -0.25) is 4.79 Å². The molecule has 0 atom stereocenters. The van der Waals surface area contributed by atoms with Crippen molar-refractivity contribution < 1.29 is 14.7 Å². The molecule has 0 aliphatic rings. The fourth-order valence-electron chi connectivity index (χ4n) is 2.07. The molecule has 1 amide bonds. The molecule has 0 spiro atoms. The molecule has 2 rings (SSSR count). The van der Waals surface area contributed by atoms with Gasteiger partial charge in [0.2, 0.25) is 0 Å². The van der Waals surface area contributed by atoms with E-state index in [0.29, 0.717) is 16.8 Å². The van der Waals surface area contributed by atoms with E-state index in [4.69, 9.17) is 0 Å². The van der Waals surface area contributed by atoms with Crippen LogP contribution in [0.25, 0.3) is 0 Å². The van der Waals surface area contributed by atoms with Crippen LogP contribution in [-0.2, 0) is 0 Å². The molecule has 2 aromatic carbocycles. The Morgan fingerprint density at radius 2 is 1.71 bits per heavy atom. The van der Waals surface area contributed by atoms with Crippen molar-refractivity contribution in [2.24, 2.45) is 0 Å². The highest BCUT2D eigenvalue weighted by atomic mass is 16.4. The molecule has 0 bridgehead atoms. The number of carbonyl (C=O) groups is 2. The first-order chi connectivity index (χ1) is 9.90. The van der Waals surface area contributed by atoms with E-state index in [1.807, 2.05) is 26.0 Å². The lowest BCUT2D eigenvalue weighted by Gasteiger charge is -2.13. The van der Waals surface area contributed by atoms with Crippen LogP contribution < -0.4 is 10.4 Å². The number of carboxylic acid groups (broad SMARTS) is 1. The van der Waals surface area contributed by atoms with Gasteiger partial charge in [0.05, 0.1) is 5.97 Å². The van der Waals surface area contributed by atoms with Gasteiger partial charge in [0.15, 0.2) is 0 Å². The summed E-state index contributed by atoms with van der Waals surface area (Å²) in [5, 5.41) is 13.7. The highest BCUT2D eigenvalue weighted by molar-refractivity contribution is 6.05. The number of nitrogens with one attached hydrogen (secondary N) is 1. The van der Waals surface area contributed by atoms with Gasteiger partial charge >= 0.3 is 0 Å². The van der Waals surface area contributed by atoms with E-state index in [-0.39, 0.29) is 11.5 Å². The average molecular weight is 282 g/mol. The van der Waals surface area contributed by atoms with Crippen LogP contribution in [0.5, 0.6) is 0 Å². The summed E-state index contributed by atoms with van der Waals surface area (Å²) >= 11 is 0. The van der Waals surface area contributed by atoms with E-state index >= 15 is 0 Å². The van der Waals surface area contributed by atoms with E-state index in [9.17, 15) is 14.7 Å². The minimum atomic E-state index is -1.25. The third kappa shape index (κ3) is 3.11. The average Bonchev–Trinajstić information content (AvgIpc) is 2.43. The number of aromatic carboxylic acids is 1. The summed E-state index contributed by atoms with van der Waals surface area (Å²) in [7, 11) is 0. The molecule has 0 aromatic heterocycles. The van der Waals surface area contributed by atoms with Gasteiger partial charge in [0.25, 0.3) is 5.91 Å². The zero-order valence-corrected chi connectivity index (χ0v) is 12.2. The van der Waals surface area contributed by atoms with Crippen molar-refractivity contribution in [3.63, 3.8) is 0 Å². The number of carbonyl (C=O) groups excluding carboxylic acids is 2. The lowest BCUT2D eigenvalue weighted by atomic mass is 10.0. The number of benzene rings is 2. The molecule has 0 saturated carbocycles. The predicted octanol–water partition coefficient (Wildman–Crippen LogP) is 2.23. The molecular weight excluding hydrogens is 266 g/mol. The maximum absolute atomic E-state index is 12.2. The quantitative estimate of drug-likeness (QED) is 0.938. The highest BCUT2D eigenvalue weighted by Gasteiger charge is 2.10. The van der Waals surface area contributed by atoms with Crippen LogP contribution in [0.3, 0.4) is 0 Å². The Bertz CT molecular complexity index is 720. The Morgan fingerprint density at radius 3 is 2.33 bits per heavy atom. The second kappa shape index (κ2) is 5.79. The maximum Gasteiger partial charge on any atom is 0.255 e. The fourth-order valence-corrected chi connectivity index (χ4v) is 2.07. The number of amides is 1. The Hall–Kier alpha value is -2.62. The van der Waals surface area contributed by atoms with Crippen molar-refractivity contribution in [3.8, 4) is 0 Å². The molecule has 0 radical (unpaired) electrons. The minimum absolute atomic E-state index is 0.0767. The summed E-state index contributed by atoms with van der Waals surface area (Å²) in [6.45, 7) is 5.56. The number of anilines is 1. The summed E-state index contributed by atoms with van der Waals surface area (Å²) in [6.07, 6.45) is 0. The van der Waals surface area contributed by atoms with Gasteiger partial charge in [-0.15, -0.1) is 0 Å². The van der Waals surface area contributed by atoms with Crippen molar-refractivity contribution in [3.05, 3.63) is 64.2 Å². The standard InChI is InChI=1S/C17H17NO3/c1-10-7-8-13(9-11(10)2)16(19)18-15-6-4-5-14(12(15)3)17(20)21/h4-9H,1-3H3,(H,18,19)(H,20,21)/p-1. The van der Waals surface area contributed by atoms with Gasteiger partial charge in [-0.05, 0) is 55.7 Å². The highest BCUT2D eigenvalue weighted by Crippen LogP contribution is 2.20. The van der Waals surface area contributed by atoms with Crippen LogP contribution in [0.1, 0.15) is 37.4 Å². The van der Waals surface area contributed by atoms with Crippen molar-refractivity contribution in [1.29, 1.82) is 0 Å². The third-order valence-electron chi connectivity index (χ3n) is 3.57. The fraction of sp³-hybridized carbons (Fsp3) is 0.176. The third-order valence-corrected chi connectivity index (χ3v) is 3.57. The van der Waals surface area contributed by atoms with Gasteiger partial charge in [0.1, 0.15) is 0 Å². The Labute approximate surface area is 123 Å². The van der Waals surface area contributed by atoms with Crippen LogP contribution in [0, 0.1) is 20.8 Å². The van der Waals surface area contributed by atoms with Crippen molar-refractivity contribution >= 4 is 17.6 Å². The zero-order chi connectivity index (χ0) is 15.6. The van der Waals surface area contributed by atoms with Gasteiger partial charge in [0, 0.05) is 16.8 Å². The van der Waals surface area contributed by atoms with Crippen molar-refractivity contribution in [2.75, 3.05) is 5.32 Å². The maximum atomic E-state index is 12.2. The molecule has 21 heavy (non-hydrogen) atoms. The molecule has 4 heteroatoms. The Morgan fingerprint density at radius 1 is 1.00 bits per heavy atom. The molecule has 2 aromatic rings. The van der Waals surface area contributed by atoms with Crippen LogP contribution in [0.2, 0.25) is 0 Å². The molecular formula is C17H16NO3-. The monoisotopic (exact) mass is 282 g/mol. The van der Waals surface area contributed by atoms with Crippen LogP contribution in [0.4, 0.5) is 5.69 Å². The van der Waals surface area contributed by atoms with Gasteiger partial charge in [-0.1, -0.05) is 18.2 Å². The summed E-state index contributed by atoms with van der Waals surface area (Å²) in [6, 6.07) is 10.1. The second-order valence-corrected chi connectivity index (χ2v) is 5.02. The molecule has 0 aliphatic heterocycles. The zero-order valence-electron chi connectivity index (χ0n) is 12.2. The SMILES string of the molecule is Cc1ccc(C(=O)Nc2cccc(C(=O)[O-])c2C)cc1C. The number of carboxylic acids is 1. The number of hydrogen-bond donors (Lipinski definition) is 1. The Balaban J connectivity index is 2.29. The van der Waals surface area contributed by atoms with Crippen LogP contribution >= 0.6 is 0 Å². The normalized spacial score (nSPS) is 10.2. The van der Waals surface area contributed by atoms with E-state index < -0.39 is 5.97 Å². The molecule has 0 fully saturated rings. The van der Waals surface area contributed by atoms with Gasteiger partial charge in [-0.25, -0.2) is 0 Å².